The number of anilines is 1. The fraction of sp³-hybridized carbons (Fsp3) is 0.655. The van der Waals surface area contributed by atoms with E-state index in [1.807, 2.05) is 51.7 Å². The molecule has 0 spiro atoms. The summed E-state index contributed by atoms with van der Waals surface area (Å²) in [4.78, 5) is 33.6. The number of pyridine rings is 1. The number of piperazine rings is 1. The third-order valence-electron chi connectivity index (χ3n) is 7.19. The Balaban J connectivity index is 1.22. The van der Waals surface area contributed by atoms with Gasteiger partial charge in [-0.3, -0.25) is 4.79 Å². The molecule has 0 N–H and O–H groups in total. The number of hydrogen-bond acceptors (Lipinski definition) is 10. The summed E-state index contributed by atoms with van der Waals surface area (Å²) < 4.78 is 27.6. The third-order valence-corrected chi connectivity index (χ3v) is 7.19. The van der Waals surface area contributed by atoms with Gasteiger partial charge in [-0.1, -0.05) is 12.1 Å². The zero-order valence-electron chi connectivity index (χ0n) is 24.4. The average Bonchev–Trinajstić information content (AvgIpc) is 3.44. The van der Waals surface area contributed by atoms with Gasteiger partial charge in [-0.05, 0) is 46.6 Å². The molecule has 2 bridgehead atoms. The maximum absolute atomic E-state index is 12.6. The smallest absolute Gasteiger partial charge is 0.410 e. The fourth-order valence-corrected chi connectivity index (χ4v) is 5.43. The molecule has 11 nitrogen and oxygen atoms in total. The first kappa shape index (κ1) is 29.6. The van der Waals surface area contributed by atoms with Crippen molar-refractivity contribution in [3.8, 4) is 5.88 Å². The maximum atomic E-state index is 12.6. The third kappa shape index (κ3) is 7.44. The normalized spacial score (nSPS) is 20.2. The van der Waals surface area contributed by atoms with Crippen LogP contribution in [0.4, 0.5) is 10.5 Å². The van der Waals surface area contributed by atoms with Gasteiger partial charge in [0, 0.05) is 68.1 Å². The van der Waals surface area contributed by atoms with Crippen LogP contribution in [0.2, 0.25) is 0 Å². The van der Waals surface area contributed by atoms with Crippen molar-refractivity contribution in [3.05, 3.63) is 35.9 Å². The summed E-state index contributed by atoms with van der Waals surface area (Å²) in [6.45, 7) is 12.0. The summed E-state index contributed by atoms with van der Waals surface area (Å²) in [6.07, 6.45) is 4.26. The van der Waals surface area contributed by atoms with Crippen LogP contribution in [0.3, 0.4) is 0 Å². The highest BCUT2D eigenvalue weighted by Crippen LogP contribution is 2.36. The van der Waals surface area contributed by atoms with Crippen molar-refractivity contribution in [1.29, 1.82) is 0 Å². The van der Waals surface area contributed by atoms with Crippen LogP contribution in [0.5, 0.6) is 5.88 Å². The first-order chi connectivity index (χ1) is 19.1. The molecule has 220 valence electrons. The molecule has 4 rings (SSSR count). The Morgan fingerprint density at radius 3 is 2.50 bits per heavy atom. The van der Waals surface area contributed by atoms with Gasteiger partial charge in [0.2, 0.25) is 5.88 Å². The van der Waals surface area contributed by atoms with E-state index in [0.717, 1.165) is 18.5 Å². The van der Waals surface area contributed by atoms with Crippen molar-refractivity contribution in [2.24, 2.45) is 5.92 Å². The number of nitrogens with zero attached hydrogens (tertiary/aromatic N) is 4. The predicted molar refractivity (Wildman–Crippen MR) is 147 cm³/mol. The molecule has 2 aromatic heterocycles. The van der Waals surface area contributed by atoms with Crippen LogP contribution in [0, 0.1) is 12.8 Å². The van der Waals surface area contributed by atoms with E-state index < -0.39 is 11.5 Å². The van der Waals surface area contributed by atoms with Gasteiger partial charge < -0.3 is 33.3 Å². The Labute approximate surface area is 236 Å². The Bertz CT molecular complexity index is 1130. The molecule has 2 fully saturated rings. The first-order valence-electron chi connectivity index (χ1n) is 14.0. The fourth-order valence-electron chi connectivity index (χ4n) is 5.43. The molecular formula is C29H42N4O7. The second-order valence-electron chi connectivity index (χ2n) is 11.7. The van der Waals surface area contributed by atoms with Crippen LogP contribution in [0.15, 0.2) is 28.9 Å². The number of likely N-dealkylation sites (tertiary alicyclic amines) is 1. The predicted octanol–water partition coefficient (Wildman–Crippen LogP) is 4.34. The summed E-state index contributed by atoms with van der Waals surface area (Å²) in [7, 11) is 1.36. The highest BCUT2D eigenvalue weighted by Gasteiger charge is 2.42. The van der Waals surface area contributed by atoms with Crippen molar-refractivity contribution in [3.63, 3.8) is 0 Å². The van der Waals surface area contributed by atoms with E-state index in [-0.39, 0.29) is 30.1 Å². The van der Waals surface area contributed by atoms with Gasteiger partial charge >= 0.3 is 12.1 Å². The van der Waals surface area contributed by atoms with Gasteiger partial charge in [0.1, 0.15) is 11.5 Å². The van der Waals surface area contributed by atoms with Crippen molar-refractivity contribution >= 4 is 17.7 Å². The lowest BCUT2D eigenvalue weighted by atomic mass is 9.92. The quantitative estimate of drug-likeness (QED) is 0.291. The number of carbonyl (C=O) groups excluding carboxylic acids is 2. The lowest BCUT2D eigenvalue weighted by Gasteiger charge is -2.42. The molecule has 2 aromatic rings. The number of rotatable bonds is 11. The average molecular weight is 559 g/mol. The Morgan fingerprint density at radius 1 is 1.15 bits per heavy atom. The highest BCUT2D eigenvalue weighted by molar-refractivity contribution is 5.77. The van der Waals surface area contributed by atoms with E-state index in [0.29, 0.717) is 56.7 Å². The zero-order chi connectivity index (χ0) is 28.9. The molecule has 2 aliphatic rings. The largest absolute Gasteiger partial charge is 0.478 e. The lowest BCUT2D eigenvalue weighted by Crippen LogP contribution is -2.56. The highest BCUT2D eigenvalue weighted by atomic mass is 16.6. The van der Waals surface area contributed by atoms with Crippen LogP contribution < -0.4 is 9.64 Å². The molecular weight excluding hydrogens is 516 g/mol. The molecule has 11 heteroatoms. The molecule has 4 atom stereocenters. The molecule has 0 saturated carbocycles. The Morgan fingerprint density at radius 2 is 1.88 bits per heavy atom. The number of aryl methyl sites for hydroxylation is 1. The molecule has 0 radical (unpaired) electrons. The van der Waals surface area contributed by atoms with Crippen LogP contribution in [0.1, 0.15) is 64.3 Å². The number of ether oxygens (including phenoxy) is 4. The minimum Gasteiger partial charge on any atom is -0.478 e. The number of esters is 1. The van der Waals surface area contributed by atoms with Gasteiger partial charge in [-0.15, -0.1) is 0 Å². The summed E-state index contributed by atoms with van der Waals surface area (Å²) in [5.74, 6) is -0.0529. The maximum Gasteiger partial charge on any atom is 0.410 e. The first-order valence-corrected chi connectivity index (χ1v) is 14.0. The lowest BCUT2D eigenvalue weighted by molar-refractivity contribution is -0.145. The summed E-state index contributed by atoms with van der Waals surface area (Å²) in [5, 5.41) is 3.89. The van der Waals surface area contributed by atoms with E-state index >= 15 is 0 Å². The molecule has 3 unspecified atom stereocenters. The minimum atomic E-state index is -0.573. The van der Waals surface area contributed by atoms with Crippen molar-refractivity contribution in [1.82, 2.24) is 15.0 Å². The van der Waals surface area contributed by atoms with Gasteiger partial charge in [0.25, 0.3) is 0 Å². The van der Waals surface area contributed by atoms with Crippen LogP contribution in [0.25, 0.3) is 0 Å². The van der Waals surface area contributed by atoms with Gasteiger partial charge in [-0.25, -0.2) is 9.78 Å². The second-order valence-corrected chi connectivity index (χ2v) is 11.7. The summed E-state index contributed by atoms with van der Waals surface area (Å²) in [6, 6.07) is 6.20. The Hall–Kier alpha value is -3.34. The SMILES string of the molecule is COC(=O)C(c1cc(C)no1)[C@@H](C)COCCCOc1cc(N2C3CCC2CN(C(=O)OC(C)(C)C)C3)ccn1. The van der Waals surface area contributed by atoms with Crippen LogP contribution in [-0.2, 0) is 19.0 Å². The summed E-state index contributed by atoms with van der Waals surface area (Å²) >= 11 is 0. The standard InChI is InChI=1S/C29H42N4O7/c1-19(26(27(34)36-6)24-14-20(2)31-40-24)18-37-12-7-13-38-25-15-21(10-11-30-25)33-22-8-9-23(33)17-32(16-22)28(35)39-29(3,4)5/h10-11,14-15,19,22-23,26H,7-9,12-13,16-18H2,1-6H3/t19-,22?,23?,26?/m0/s1. The number of aromatic nitrogens is 2. The zero-order valence-corrected chi connectivity index (χ0v) is 24.4. The van der Waals surface area contributed by atoms with Crippen LogP contribution in [-0.4, -0.2) is 84.8 Å². The van der Waals surface area contributed by atoms with Crippen molar-refractivity contribution in [2.45, 2.75) is 77.5 Å². The van der Waals surface area contributed by atoms with E-state index in [1.54, 1.807) is 12.3 Å². The second kappa shape index (κ2) is 12.9. The number of carbonyl (C=O) groups is 2. The van der Waals surface area contributed by atoms with Crippen molar-refractivity contribution < 1.29 is 33.1 Å². The van der Waals surface area contributed by atoms with Crippen LogP contribution >= 0.6 is 0 Å². The van der Waals surface area contributed by atoms with E-state index in [4.69, 9.17) is 23.5 Å². The van der Waals surface area contributed by atoms with Crippen molar-refractivity contribution in [2.75, 3.05) is 44.9 Å². The molecule has 2 aliphatic heterocycles. The van der Waals surface area contributed by atoms with Gasteiger partial charge in [-0.2, -0.15) is 0 Å². The minimum absolute atomic E-state index is 0.148. The number of amides is 1. The van der Waals surface area contributed by atoms with E-state index in [2.05, 4.69) is 15.0 Å². The van der Waals surface area contributed by atoms with Gasteiger partial charge in [0.05, 0.1) is 26.0 Å². The van der Waals surface area contributed by atoms with E-state index in [9.17, 15) is 9.59 Å². The Kier molecular flexibility index (Phi) is 9.55. The number of methoxy groups -OCH3 is 1. The molecule has 0 aliphatic carbocycles. The topological polar surface area (TPSA) is 116 Å². The van der Waals surface area contributed by atoms with Gasteiger partial charge in [0.15, 0.2) is 5.76 Å². The summed E-state index contributed by atoms with van der Waals surface area (Å²) in [5.41, 5.74) is 1.27. The van der Waals surface area contributed by atoms with E-state index in [1.165, 1.54) is 7.11 Å². The number of fused-ring (bicyclic) bond motifs is 2. The molecule has 1 amide bonds. The number of hydrogen-bond donors (Lipinski definition) is 0. The monoisotopic (exact) mass is 558 g/mol. The molecule has 0 aromatic carbocycles. The molecule has 4 heterocycles. The molecule has 40 heavy (non-hydrogen) atoms. The molecule has 2 saturated heterocycles.